The van der Waals surface area contributed by atoms with Crippen molar-refractivity contribution in [1.82, 2.24) is 0 Å². The summed E-state index contributed by atoms with van der Waals surface area (Å²) in [6.45, 7) is 0. The summed E-state index contributed by atoms with van der Waals surface area (Å²) in [6, 6.07) is 8.87. The first kappa shape index (κ1) is 12.1. The summed E-state index contributed by atoms with van der Waals surface area (Å²) in [5, 5.41) is 8.98. The summed E-state index contributed by atoms with van der Waals surface area (Å²) < 4.78 is 0. The summed E-state index contributed by atoms with van der Waals surface area (Å²) in [7, 11) is 0. The Morgan fingerprint density at radius 2 is 2.07 bits per heavy atom. The van der Waals surface area contributed by atoms with Crippen molar-refractivity contribution in [3.05, 3.63) is 34.9 Å². The fourth-order valence-corrected chi connectivity index (χ4v) is 1.89. The van der Waals surface area contributed by atoms with E-state index in [4.69, 9.17) is 16.9 Å². The van der Waals surface area contributed by atoms with Crippen LogP contribution in [0.2, 0.25) is 5.02 Å². The van der Waals surface area contributed by atoms with Gasteiger partial charge in [-0.3, -0.25) is 4.79 Å². The minimum absolute atomic E-state index is 0.0320. The van der Waals surface area contributed by atoms with Gasteiger partial charge in [0.1, 0.15) is 0 Å². The Morgan fingerprint density at radius 3 is 2.67 bits per heavy atom. The molecule has 0 aliphatic heterocycles. The molecule has 15 heavy (non-hydrogen) atoms. The number of hydrogen-bond acceptors (Lipinski definition) is 3. The summed E-state index contributed by atoms with van der Waals surface area (Å²) in [4.78, 5) is 11.6. The maximum atomic E-state index is 11.6. The van der Waals surface area contributed by atoms with Crippen LogP contribution in [0.5, 0.6) is 0 Å². The van der Waals surface area contributed by atoms with Crippen molar-refractivity contribution >= 4 is 28.5 Å². The predicted molar refractivity (Wildman–Crippen MR) is 63.1 cm³/mol. The summed E-state index contributed by atoms with van der Waals surface area (Å²) in [5.74, 6) is 0.690. The number of benzene rings is 1. The monoisotopic (exact) mass is 239 g/mol. The van der Waals surface area contributed by atoms with Crippen LogP contribution in [0.1, 0.15) is 23.2 Å². The topological polar surface area (TPSA) is 40.9 Å². The second-order valence-electron chi connectivity index (χ2n) is 2.90. The second-order valence-corrected chi connectivity index (χ2v) is 4.41. The smallest absolute Gasteiger partial charge is 0.219 e. The molecule has 0 bridgehead atoms. The van der Waals surface area contributed by atoms with Gasteiger partial charge in [-0.1, -0.05) is 23.4 Å². The lowest BCUT2D eigenvalue weighted by molar-refractivity contribution is 0.108. The molecule has 0 spiro atoms. The van der Waals surface area contributed by atoms with Crippen molar-refractivity contribution in [3.63, 3.8) is 0 Å². The van der Waals surface area contributed by atoms with Crippen LogP contribution in [0.25, 0.3) is 0 Å². The first-order valence-electron chi connectivity index (χ1n) is 4.53. The van der Waals surface area contributed by atoms with E-state index in [0.717, 1.165) is 6.42 Å². The Morgan fingerprint density at radius 1 is 1.40 bits per heavy atom. The van der Waals surface area contributed by atoms with Gasteiger partial charge in [0.25, 0.3) is 0 Å². The van der Waals surface area contributed by atoms with Crippen molar-refractivity contribution in [2.75, 3.05) is 5.75 Å². The Bertz CT molecular complexity index is 369. The van der Waals surface area contributed by atoms with E-state index in [-0.39, 0.29) is 5.12 Å². The van der Waals surface area contributed by atoms with Crippen molar-refractivity contribution in [1.29, 1.82) is 5.26 Å². The molecule has 0 saturated heterocycles. The van der Waals surface area contributed by atoms with E-state index >= 15 is 0 Å². The molecule has 0 unspecified atom stereocenters. The number of hydrogen-bond donors (Lipinski definition) is 0. The second kappa shape index (κ2) is 6.49. The Labute approximate surface area is 98.2 Å². The number of nitriles is 1. The molecule has 0 N–H and O–H groups in total. The third kappa shape index (κ3) is 4.37. The average Bonchev–Trinajstić information content (AvgIpc) is 2.25. The lowest BCUT2D eigenvalue weighted by Gasteiger charge is -1.99. The highest BCUT2D eigenvalue weighted by molar-refractivity contribution is 8.14. The highest BCUT2D eigenvalue weighted by Gasteiger charge is 2.05. The van der Waals surface area contributed by atoms with Crippen LogP contribution < -0.4 is 0 Å². The van der Waals surface area contributed by atoms with Crippen molar-refractivity contribution in [2.24, 2.45) is 0 Å². The molecule has 0 atom stereocenters. The third-order valence-corrected chi connectivity index (χ3v) is 2.99. The molecule has 1 aromatic carbocycles. The fourth-order valence-electron chi connectivity index (χ4n) is 0.985. The van der Waals surface area contributed by atoms with E-state index < -0.39 is 0 Å². The number of unbranched alkanes of at least 4 members (excludes halogenated alkanes) is 1. The zero-order chi connectivity index (χ0) is 11.1. The highest BCUT2D eigenvalue weighted by atomic mass is 35.5. The normalized spacial score (nSPS) is 9.60. The minimum Gasteiger partial charge on any atom is -0.282 e. The summed E-state index contributed by atoms with van der Waals surface area (Å²) >= 11 is 6.95. The maximum Gasteiger partial charge on any atom is 0.219 e. The lowest BCUT2D eigenvalue weighted by atomic mass is 10.2. The number of nitrogens with zero attached hydrogens (tertiary/aromatic N) is 1. The van der Waals surface area contributed by atoms with Crippen molar-refractivity contribution in [2.45, 2.75) is 12.8 Å². The molecule has 2 nitrogen and oxygen atoms in total. The van der Waals surface area contributed by atoms with Gasteiger partial charge in [-0.2, -0.15) is 5.26 Å². The van der Waals surface area contributed by atoms with Gasteiger partial charge in [-0.15, -0.1) is 0 Å². The third-order valence-electron chi connectivity index (χ3n) is 1.75. The maximum absolute atomic E-state index is 11.6. The Hall–Kier alpha value is -0.980. The van der Waals surface area contributed by atoms with Gasteiger partial charge in [0, 0.05) is 22.8 Å². The van der Waals surface area contributed by atoms with Crippen molar-refractivity contribution in [3.8, 4) is 6.07 Å². The first-order chi connectivity index (χ1) is 7.24. The molecule has 1 rings (SSSR count). The van der Waals surface area contributed by atoms with Crippen LogP contribution in [0, 0.1) is 11.3 Å². The zero-order valence-electron chi connectivity index (χ0n) is 8.07. The van der Waals surface area contributed by atoms with E-state index in [1.54, 1.807) is 24.3 Å². The molecule has 0 fully saturated rings. The fraction of sp³-hybridized carbons (Fsp3) is 0.273. The molecule has 0 saturated carbocycles. The SMILES string of the molecule is N#CCCCSC(=O)c1ccc(Cl)cc1. The molecular formula is C11H10ClNOS. The van der Waals surface area contributed by atoms with Crippen LogP contribution in [0.4, 0.5) is 0 Å². The van der Waals surface area contributed by atoms with Crippen LogP contribution in [-0.2, 0) is 0 Å². The van der Waals surface area contributed by atoms with E-state index in [0.29, 0.717) is 22.8 Å². The van der Waals surface area contributed by atoms with E-state index in [1.165, 1.54) is 11.8 Å². The van der Waals surface area contributed by atoms with Crippen LogP contribution in [0.15, 0.2) is 24.3 Å². The molecule has 0 aliphatic carbocycles. The molecule has 4 heteroatoms. The quantitative estimate of drug-likeness (QED) is 0.755. The molecule has 78 valence electrons. The van der Waals surface area contributed by atoms with Crippen LogP contribution >= 0.6 is 23.4 Å². The summed E-state index contributed by atoms with van der Waals surface area (Å²) in [6.07, 6.45) is 1.25. The van der Waals surface area contributed by atoms with Crippen LogP contribution in [-0.4, -0.2) is 10.9 Å². The molecule has 1 aromatic rings. The van der Waals surface area contributed by atoms with Gasteiger partial charge in [-0.25, -0.2) is 0 Å². The first-order valence-corrected chi connectivity index (χ1v) is 5.90. The zero-order valence-corrected chi connectivity index (χ0v) is 9.64. The minimum atomic E-state index is 0.0320. The molecule has 0 aromatic heterocycles. The van der Waals surface area contributed by atoms with Gasteiger partial charge in [-0.05, 0) is 30.7 Å². The number of thioether (sulfide) groups is 1. The standard InChI is InChI=1S/C11H10ClNOS/c12-10-5-3-9(4-6-10)11(14)15-8-2-1-7-13/h3-6H,1-2,8H2. The molecule has 0 radical (unpaired) electrons. The van der Waals surface area contributed by atoms with Crippen molar-refractivity contribution < 1.29 is 4.79 Å². The lowest BCUT2D eigenvalue weighted by Crippen LogP contribution is -1.94. The predicted octanol–water partition coefficient (Wildman–Crippen LogP) is 3.52. The molecule has 0 aliphatic rings. The largest absolute Gasteiger partial charge is 0.282 e. The van der Waals surface area contributed by atoms with E-state index in [9.17, 15) is 4.79 Å². The van der Waals surface area contributed by atoms with Gasteiger partial charge < -0.3 is 0 Å². The van der Waals surface area contributed by atoms with Gasteiger partial charge in [0.2, 0.25) is 5.12 Å². The number of carbonyl (C=O) groups is 1. The molecular weight excluding hydrogens is 230 g/mol. The van der Waals surface area contributed by atoms with Crippen LogP contribution in [0.3, 0.4) is 0 Å². The number of carbonyl (C=O) groups excluding carboxylic acids is 1. The summed E-state index contributed by atoms with van der Waals surface area (Å²) in [5.41, 5.74) is 0.654. The van der Waals surface area contributed by atoms with Gasteiger partial charge in [0.15, 0.2) is 0 Å². The van der Waals surface area contributed by atoms with Gasteiger partial charge >= 0.3 is 0 Å². The average molecular weight is 240 g/mol. The molecule has 0 amide bonds. The van der Waals surface area contributed by atoms with Gasteiger partial charge in [0.05, 0.1) is 6.07 Å². The van der Waals surface area contributed by atoms with E-state index in [1.807, 2.05) is 6.07 Å². The number of rotatable bonds is 4. The number of halogens is 1. The highest BCUT2D eigenvalue weighted by Crippen LogP contribution is 2.16. The molecule has 0 heterocycles. The Kier molecular flexibility index (Phi) is 5.23. The van der Waals surface area contributed by atoms with E-state index in [2.05, 4.69) is 0 Å². The Balaban J connectivity index is 2.41.